The Kier molecular flexibility index (Phi) is 6.03. The van der Waals surface area contributed by atoms with Gasteiger partial charge in [0.2, 0.25) is 0 Å². The van der Waals surface area contributed by atoms with Crippen LogP contribution in [-0.4, -0.2) is 19.8 Å². The van der Waals surface area contributed by atoms with Gasteiger partial charge in [-0.15, -0.1) is 0 Å². The van der Waals surface area contributed by atoms with Crippen LogP contribution in [0.1, 0.15) is 31.9 Å². The van der Waals surface area contributed by atoms with E-state index in [4.69, 9.17) is 4.74 Å². The molecular formula is C13H20BrNO. The Morgan fingerprint density at radius 1 is 1.25 bits per heavy atom. The highest BCUT2D eigenvalue weighted by molar-refractivity contribution is 9.10. The summed E-state index contributed by atoms with van der Waals surface area (Å²) in [6, 6.07) is 9.29. The Labute approximate surface area is 107 Å². The van der Waals surface area contributed by atoms with Gasteiger partial charge >= 0.3 is 0 Å². The third kappa shape index (κ3) is 4.64. The van der Waals surface area contributed by atoms with Gasteiger partial charge in [-0.1, -0.05) is 28.1 Å². The van der Waals surface area contributed by atoms with E-state index in [-0.39, 0.29) is 0 Å². The smallest absolute Gasteiger partial charge is 0.0476 e. The van der Waals surface area contributed by atoms with Crippen LogP contribution in [0.15, 0.2) is 28.7 Å². The normalized spacial score (nSPS) is 14.8. The van der Waals surface area contributed by atoms with Crippen molar-refractivity contribution in [3.8, 4) is 0 Å². The van der Waals surface area contributed by atoms with Gasteiger partial charge < -0.3 is 10.1 Å². The highest BCUT2D eigenvalue weighted by atomic mass is 79.9. The van der Waals surface area contributed by atoms with Crippen LogP contribution in [0.3, 0.4) is 0 Å². The predicted molar refractivity (Wildman–Crippen MR) is 71.6 cm³/mol. The molecule has 1 aromatic carbocycles. The van der Waals surface area contributed by atoms with Crippen LogP contribution in [0.2, 0.25) is 0 Å². The second kappa shape index (κ2) is 7.05. The minimum Gasteiger partial charge on any atom is -0.385 e. The van der Waals surface area contributed by atoms with Crippen molar-refractivity contribution in [1.29, 1.82) is 0 Å². The van der Waals surface area contributed by atoms with E-state index in [1.165, 1.54) is 5.56 Å². The first kappa shape index (κ1) is 13.7. The van der Waals surface area contributed by atoms with Gasteiger partial charge in [-0.25, -0.2) is 0 Å². The monoisotopic (exact) mass is 285 g/mol. The van der Waals surface area contributed by atoms with E-state index in [0.29, 0.717) is 12.1 Å². The molecule has 2 nitrogen and oxygen atoms in total. The number of rotatable bonds is 6. The van der Waals surface area contributed by atoms with Crippen molar-refractivity contribution in [2.45, 2.75) is 32.4 Å². The molecule has 1 N–H and O–H groups in total. The van der Waals surface area contributed by atoms with Crippen LogP contribution in [-0.2, 0) is 4.74 Å². The maximum Gasteiger partial charge on any atom is 0.0476 e. The summed E-state index contributed by atoms with van der Waals surface area (Å²) < 4.78 is 6.19. The zero-order chi connectivity index (χ0) is 12.0. The van der Waals surface area contributed by atoms with Crippen LogP contribution in [0, 0.1) is 0 Å². The molecule has 1 rings (SSSR count). The Bertz CT molecular complexity index is 299. The van der Waals surface area contributed by atoms with E-state index < -0.39 is 0 Å². The largest absolute Gasteiger partial charge is 0.385 e. The van der Waals surface area contributed by atoms with Gasteiger partial charge in [0.1, 0.15) is 0 Å². The Hall–Kier alpha value is -0.380. The molecule has 0 bridgehead atoms. The number of hydrogen-bond donors (Lipinski definition) is 1. The van der Waals surface area contributed by atoms with E-state index in [9.17, 15) is 0 Å². The summed E-state index contributed by atoms with van der Waals surface area (Å²) in [4.78, 5) is 0. The second-order valence-corrected chi connectivity index (χ2v) is 5.04. The van der Waals surface area contributed by atoms with E-state index in [2.05, 4.69) is 59.4 Å². The van der Waals surface area contributed by atoms with E-state index in [0.717, 1.165) is 17.5 Å². The SMILES string of the molecule is COCCC(C)N[C@@H](C)c1ccc(Br)cc1. The number of benzene rings is 1. The maximum atomic E-state index is 5.07. The number of nitrogens with one attached hydrogen (secondary N) is 1. The zero-order valence-corrected chi connectivity index (χ0v) is 11.8. The summed E-state index contributed by atoms with van der Waals surface area (Å²) in [5, 5.41) is 3.56. The van der Waals surface area contributed by atoms with Crippen molar-refractivity contribution < 1.29 is 4.74 Å². The molecule has 0 aliphatic heterocycles. The van der Waals surface area contributed by atoms with Crippen LogP contribution in [0.5, 0.6) is 0 Å². The van der Waals surface area contributed by atoms with Gasteiger partial charge in [0.15, 0.2) is 0 Å². The van der Waals surface area contributed by atoms with Crippen molar-refractivity contribution >= 4 is 15.9 Å². The highest BCUT2D eigenvalue weighted by Gasteiger charge is 2.08. The molecule has 1 unspecified atom stereocenters. The molecule has 0 amide bonds. The van der Waals surface area contributed by atoms with Gasteiger partial charge in [-0.3, -0.25) is 0 Å². The Balaban J connectivity index is 2.45. The van der Waals surface area contributed by atoms with Gasteiger partial charge in [0.25, 0.3) is 0 Å². The molecule has 0 saturated heterocycles. The van der Waals surface area contributed by atoms with Crippen LogP contribution >= 0.6 is 15.9 Å². The lowest BCUT2D eigenvalue weighted by Gasteiger charge is -2.20. The van der Waals surface area contributed by atoms with Crippen LogP contribution < -0.4 is 5.32 Å². The van der Waals surface area contributed by atoms with Crippen LogP contribution in [0.4, 0.5) is 0 Å². The molecule has 16 heavy (non-hydrogen) atoms. The fraction of sp³-hybridized carbons (Fsp3) is 0.538. The molecule has 0 aliphatic rings. The summed E-state index contributed by atoms with van der Waals surface area (Å²) in [7, 11) is 1.74. The second-order valence-electron chi connectivity index (χ2n) is 4.12. The average molecular weight is 286 g/mol. The fourth-order valence-corrected chi connectivity index (χ4v) is 1.92. The molecular weight excluding hydrogens is 266 g/mol. The summed E-state index contributed by atoms with van der Waals surface area (Å²) in [5.41, 5.74) is 1.31. The molecule has 0 aliphatic carbocycles. The molecule has 0 radical (unpaired) electrons. The van der Waals surface area contributed by atoms with Gasteiger partial charge in [-0.2, -0.15) is 0 Å². The molecule has 0 saturated carbocycles. The number of hydrogen-bond acceptors (Lipinski definition) is 2. The standard InChI is InChI=1S/C13H20BrNO/c1-10(8-9-16-3)15-11(2)12-4-6-13(14)7-5-12/h4-7,10-11,15H,8-9H2,1-3H3/t10?,11-/m0/s1. The first-order valence-corrected chi connectivity index (χ1v) is 6.43. The van der Waals surface area contributed by atoms with Crippen molar-refractivity contribution in [3.63, 3.8) is 0 Å². The molecule has 0 spiro atoms. The minimum absolute atomic E-state index is 0.375. The fourth-order valence-electron chi connectivity index (χ4n) is 1.65. The zero-order valence-electron chi connectivity index (χ0n) is 10.2. The van der Waals surface area contributed by atoms with Crippen molar-refractivity contribution in [3.05, 3.63) is 34.3 Å². The third-order valence-electron chi connectivity index (χ3n) is 2.66. The summed E-state index contributed by atoms with van der Waals surface area (Å²) >= 11 is 3.44. The lowest BCUT2D eigenvalue weighted by Crippen LogP contribution is -2.29. The molecule has 0 aromatic heterocycles. The van der Waals surface area contributed by atoms with E-state index in [1.54, 1.807) is 7.11 Å². The van der Waals surface area contributed by atoms with Gasteiger partial charge in [-0.05, 0) is 38.0 Å². The molecule has 90 valence electrons. The van der Waals surface area contributed by atoms with Gasteiger partial charge in [0, 0.05) is 30.3 Å². The third-order valence-corrected chi connectivity index (χ3v) is 3.19. The predicted octanol–water partition coefficient (Wildman–Crippen LogP) is 3.52. The number of halogens is 1. The molecule has 0 fully saturated rings. The van der Waals surface area contributed by atoms with Crippen molar-refractivity contribution in [1.82, 2.24) is 5.32 Å². The number of methoxy groups -OCH3 is 1. The molecule has 1 aromatic rings. The molecule has 2 atom stereocenters. The van der Waals surface area contributed by atoms with Crippen LogP contribution in [0.25, 0.3) is 0 Å². The first-order valence-electron chi connectivity index (χ1n) is 5.64. The maximum absolute atomic E-state index is 5.07. The minimum atomic E-state index is 0.375. The molecule has 3 heteroatoms. The summed E-state index contributed by atoms with van der Waals surface area (Å²) in [5.74, 6) is 0. The average Bonchev–Trinajstić information content (AvgIpc) is 2.27. The Morgan fingerprint density at radius 3 is 2.44 bits per heavy atom. The summed E-state index contributed by atoms with van der Waals surface area (Å²) in [6.07, 6.45) is 1.04. The Morgan fingerprint density at radius 2 is 1.88 bits per heavy atom. The lowest BCUT2D eigenvalue weighted by molar-refractivity contribution is 0.183. The number of ether oxygens (including phenoxy) is 1. The van der Waals surface area contributed by atoms with Gasteiger partial charge in [0.05, 0.1) is 0 Å². The molecule has 0 heterocycles. The van der Waals surface area contributed by atoms with Crippen molar-refractivity contribution in [2.75, 3.05) is 13.7 Å². The highest BCUT2D eigenvalue weighted by Crippen LogP contribution is 2.17. The first-order chi connectivity index (χ1) is 7.63. The van der Waals surface area contributed by atoms with E-state index >= 15 is 0 Å². The van der Waals surface area contributed by atoms with Crippen molar-refractivity contribution in [2.24, 2.45) is 0 Å². The topological polar surface area (TPSA) is 21.3 Å². The van der Waals surface area contributed by atoms with E-state index in [1.807, 2.05) is 0 Å². The lowest BCUT2D eigenvalue weighted by atomic mass is 10.1. The quantitative estimate of drug-likeness (QED) is 0.864. The summed E-state index contributed by atoms with van der Waals surface area (Å²) in [6.45, 7) is 5.18.